The summed E-state index contributed by atoms with van der Waals surface area (Å²) in [4.78, 5) is 2.45. The summed E-state index contributed by atoms with van der Waals surface area (Å²) in [5.41, 5.74) is 5.15. The van der Waals surface area contributed by atoms with Gasteiger partial charge in [0, 0.05) is 32.7 Å². The summed E-state index contributed by atoms with van der Waals surface area (Å²) >= 11 is 0. The van der Waals surface area contributed by atoms with Gasteiger partial charge in [0.25, 0.3) is 0 Å². The molecule has 6 nitrogen and oxygen atoms in total. The maximum atomic E-state index is 5.51. The fraction of sp³-hybridized carbons (Fsp3) is 0.467. The lowest BCUT2D eigenvalue weighted by molar-refractivity contribution is 0.291. The molecule has 0 aliphatic carbocycles. The lowest BCUT2D eigenvalue weighted by Crippen LogP contribution is -2.32. The molecule has 37 heavy (non-hydrogen) atoms. The molecule has 206 valence electrons. The number of nitrogens with zero attached hydrogens (tertiary/aromatic N) is 1. The quantitative estimate of drug-likeness (QED) is 0.199. The Balaban J connectivity index is 0.00000684. The zero-order valence-electron chi connectivity index (χ0n) is 23.6. The number of halogens is 1. The Morgan fingerprint density at radius 2 is 1.35 bits per heavy atom. The number of rotatable bonds is 16. The van der Waals surface area contributed by atoms with Crippen LogP contribution in [0.25, 0.3) is 0 Å². The molecule has 2 aromatic rings. The van der Waals surface area contributed by atoms with Gasteiger partial charge in [0.15, 0.2) is 23.0 Å². The van der Waals surface area contributed by atoms with Crippen LogP contribution in [0, 0.1) is 0 Å². The van der Waals surface area contributed by atoms with Crippen molar-refractivity contribution in [1.29, 1.82) is 0 Å². The van der Waals surface area contributed by atoms with Gasteiger partial charge in [-0.15, -0.1) is 12.4 Å². The number of hydrogen-bond donors (Lipinski definition) is 1. The lowest BCUT2D eigenvalue weighted by Gasteiger charge is -2.22. The molecule has 0 amide bonds. The summed E-state index contributed by atoms with van der Waals surface area (Å²) in [6, 6.07) is 12.2. The monoisotopic (exact) mass is 532 g/mol. The summed E-state index contributed by atoms with van der Waals surface area (Å²) in [6.07, 6.45) is 6.84. The molecule has 0 aromatic heterocycles. The van der Waals surface area contributed by atoms with Crippen LogP contribution in [0.3, 0.4) is 0 Å². The van der Waals surface area contributed by atoms with Crippen LogP contribution in [0.4, 0.5) is 0 Å². The number of methoxy groups -OCH3 is 4. The van der Waals surface area contributed by atoms with Crippen LogP contribution in [0.15, 0.2) is 59.7 Å². The highest BCUT2D eigenvalue weighted by molar-refractivity contribution is 5.85. The Bertz CT molecular complexity index is 1000. The molecule has 0 atom stereocenters. The molecule has 0 bridgehead atoms. The van der Waals surface area contributed by atoms with Crippen molar-refractivity contribution in [2.75, 3.05) is 48.1 Å². The minimum atomic E-state index is 0. The van der Waals surface area contributed by atoms with E-state index in [1.54, 1.807) is 28.4 Å². The molecule has 2 rings (SSSR count). The molecule has 0 aliphatic heterocycles. The van der Waals surface area contributed by atoms with E-state index >= 15 is 0 Å². The molecule has 0 aliphatic rings. The van der Waals surface area contributed by atoms with E-state index in [-0.39, 0.29) is 12.4 Å². The molecule has 1 N–H and O–H groups in total. The Morgan fingerprint density at radius 1 is 0.784 bits per heavy atom. The van der Waals surface area contributed by atoms with Gasteiger partial charge in [0.2, 0.25) is 0 Å². The molecule has 0 fully saturated rings. The molecule has 0 spiro atoms. The van der Waals surface area contributed by atoms with E-state index in [1.807, 2.05) is 18.2 Å². The third-order valence-corrected chi connectivity index (χ3v) is 6.03. The Hall–Kier alpha value is -2.67. The van der Waals surface area contributed by atoms with Crippen molar-refractivity contribution in [2.45, 2.75) is 46.7 Å². The van der Waals surface area contributed by atoms with Crippen LogP contribution < -0.4 is 24.3 Å². The first-order valence-electron chi connectivity index (χ1n) is 12.5. The largest absolute Gasteiger partial charge is 0.493 e. The number of ether oxygens (including phenoxy) is 4. The van der Waals surface area contributed by atoms with E-state index in [0.29, 0.717) is 0 Å². The first kappa shape index (κ1) is 32.4. The third-order valence-electron chi connectivity index (χ3n) is 6.03. The molecule has 0 unspecified atom stereocenters. The second-order valence-electron chi connectivity index (χ2n) is 9.16. The summed E-state index contributed by atoms with van der Waals surface area (Å²) in [5, 5.41) is 3.57. The molecule has 0 saturated heterocycles. The van der Waals surface area contributed by atoms with Gasteiger partial charge in [-0.1, -0.05) is 35.4 Å². The topological polar surface area (TPSA) is 52.2 Å². The van der Waals surface area contributed by atoms with Gasteiger partial charge in [-0.25, -0.2) is 0 Å². The van der Waals surface area contributed by atoms with E-state index in [2.05, 4.69) is 61.3 Å². The van der Waals surface area contributed by atoms with Gasteiger partial charge in [0.1, 0.15) is 0 Å². The lowest BCUT2D eigenvalue weighted by atomic mass is 10.1. The van der Waals surface area contributed by atoms with Crippen molar-refractivity contribution < 1.29 is 18.9 Å². The van der Waals surface area contributed by atoms with Gasteiger partial charge in [-0.2, -0.15) is 0 Å². The highest BCUT2D eigenvalue weighted by atomic mass is 35.5. The van der Waals surface area contributed by atoms with Crippen LogP contribution in [0.5, 0.6) is 23.0 Å². The van der Waals surface area contributed by atoms with Gasteiger partial charge in [-0.3, -0.25) is 4.90 Å². The van der Waals surface area contributed by atoms with Gasteiger partial charge in [-0.05, 0) is 69.0 Å². The molecular weight excluding hydrogens is 488 g/mol. The zero-order valence-corrected chi connectivity index (χ0v) is 24.4. The summed E-state index contributed by atoms with van der Waals surface area (Å²) in [6.45, 7) is 10.8. The van der Waals surface area contributed by atoms with Gasteiger partial charge in [0.05, 0.1) is 28.4 Å². The predicted octanol–water partition coefficient (Wildman–Crippen LogP) is 6.43. The van der Waals surface area contributed by atoms with Crippen molar-refractivity contribution in [2.24, 2.45) is 0 Å². The molecular formula is C30H45ClN2O4. The highest BCUT2D eigenvalue weighted by Crippen LogP contribution is 2.28. The number of nitrogens with one attached hydrogen (secondary N) is 1. The summed E-state index contributed by atoms with van der Waals surface area (Å²) < 4.78 is 21.7. The normalized spacial score (nSPS) is 11.1. The van der Waals surface area contributed by atoms with E-state index in [4.69, 9.17) is 18.9 Å². The number of benzene rings is 2. The predicted molar refractivity (Wildman–Crippen MR) is 156 cm³/mol. The van der Waals surface area contributed by atoms with Crippen LogP contribution >= 0.6 is 12.4 Å². The van der Waals surface area contributed by atoms with E-state index in [0.717, 1.165) is 74.1 Å². The molecule has 0 heterocycles. The minimum absolute atomic E-state index is 0. The molecule has 7 heteroatoms. The second kappa shape index (κ2) is 17.7. The summed E-state index contributed by atoms with van der Waals surface area (Å²) in [7, 11) is 6.66. The first-order chi connectivity index (χ1) is 17.4. The number of allylic oxidation sites excluding steroid dienone is 3. The average molecular weight is 533 g/mol. The Labute approximate surface area is 230 Å². The van der Waals surface area contributed by atoms with Crippen LogP contribution in [-0.2, 0) is 13.1 Å². The van der Waals surface area contributed by atoms with Crippen molar-refractivity contribution in [1.82, 2.24) is 10.2 Å². The fourth-order valence-electron chi connectivity index (χ4n) is 3.91. The second-order valence-corrected chi connectivity index (χ2v) is 9.16. The number of hydrogen-bond acceptors (Lipinski definition) is 6. The standard InChI is InChI=1S/C30H44N2O4.ClH/c1-23(2)9-8-10-24(3)15-17-32(22-26-12-14-28(34-5)30(20-26)36-7)18-16-31-21-25-11-13-27(33-4)29(19-25)35-6;/h9,11-15,19-20,31H,8,10,16-18,21-22H2,1-7H3;1H/b24-15+;. The minimum Gasteiger partial charge on any atom is -0.493 e. The molecule has 0 saturated carbocycles. The maximum Gasteiger partial charge on any atom is 0.161 e. The van der Waals surface area contributed by atoms with Crippen molar-refractivity contribution in [3.8, 4) is 23.0 Å². The summed E-state index contributed by atoms with van der Waals surface area (Å²) in [5.74, 6) is 3.00. The van der Waals surface area contributed by atoms with E-state index < -0.39 is 0 Å². The maximum absolute atomic E-state index is 5.51. The average Bonchev–Trinajstić information content (AvgIpc) is 2.88. The SMILES string of the molecule is COc1ccc(CNCCN(C/C=C(\C)CCC=C(C)C)Cc2ccc(OC)c(OC)c2)cc1OC.Cl. The van der Waals surface area contributed by atoms with Crippen LogP contribution in [0.2, 0.25) is 0 Å². The Kier molecular flexibility index (Phi) is 15.5. The fourth-order valence-corrected chi connectivity index (χ4v) is 3.91. The Morgan fingerprint density at radius 3 is 1.92 bits per heavy atom. The van der Waals surface area contributed by atoms with Gasteiger partial charge >= 0.3 is 0 Å². The molecule has 0 radical (unpaired) electrons. The van der Waals surface area contributed by atoms with Crippen molar-refractivity contribution in [3.05, 3.63) is 70.8 Å². The van der Waals surface area contributed by atoms with Crippen LogP contribution in [-0.4, -0.2) is 53.0 Å². The zero-order chi connectivity index (χ0) is 26.3. The highest BCUT2D eigenvalue weighted by Gasteiger charge is 2.10. The van der Waals surface area contributed by atoms with E-state index in [1.165, 1.54) is 16.7 Å². The first-order valence-corrected chi connectivity index (χ1v) is 12.5. The molecule has 2 aromatic carbocycles. The smallest absolute Gasteiger partial charge is 0.161 e. The van der Waals surface area contributed by atoms with Crippen LogP contribution in [0.1, 0.15) is 44.7 Å². The van der Waals surface area contributed by atoms with Gasteiger partial charge < -0.3 is 24.3 Å². The third kappa shape index (κ3) is 11.5. The van der Waals surface area contributed by atoms with Crippen molar-refractivity contribution >= 4 is 12.4 Å². The van der Waals surface area contributed by atoms with Crippen molar-refractivity contribution in [3.63, 3.8) is 0 Å². The van der Waals surface area contributed by atoms with E-state index in [9.17, 15) is 0 Å².